The van der Waals surface area contributed by atoms with Gasteiger partial charge >= 0.3 is 0 Å². The maximum atomic E-state index is 7.04. The van der Waals surface area contributed by atoms with Gasteiger partial charge in [0.1, 0.15) is 22.3 Å². The molecule has 0 atom stereocenters. The Morgan fingerprint density at radius 1 is 0.315 bits per heavy atom. The second-order valence-corrected chi connectivity index (χ2v) is 13.9. The van der Waals surface area contributed by atoms with Crippen LogP contribution in [0.1, 0.15) is 0 Å². The number of hydrogen-bond donors (Lipinski definition) is 0. The number of rotatable bonds is 3. The second-order valence-electron chi connectivity index (χ2n) is 13.9. The van der Waals surface area contributed by atoms with Gasteiger partial charge in [0, 0.05) is 49.0 Å². The van der Waals surface area contributed by atoms with Gasteiger partial charge in [-0.1, -0.05) is 133 Å². The lowest BCUT2D eigenvalue weighted by Crippen LogP contribution is -2.01. The van der Waals surface area contributed by atoms with Crippen LogP contribution in [-0.4, -0.2) is 15.0 Å². The average Bonchev–Trinajstić information content (AvgIpc) is 3.82. The molecule has 250 valence electrons. The van der Waals surface area contributed by atoms with Gasteiger partial charge in [0.15, 0.2) is 17.5 Å². The van der Waals surface area contributed by atoms with Gasteiger partial charge in [0.2, 0.25) is 0 Å². The Morgan fingerprint density at radius 2 is 0.944 bits per heavy atom. The van der Waals surface area contributed by atoms with Crippen molar-refractivity contribution in [2.24, 2.45) is 0 Å². The van der Waals surface area contributed by atoms with Gasteiger partial charge in [-0.3, -0.25) is 0 Å². The highest BCUT2D eigenvalue weighted by Gasteiger charge is 2.23. The van der Waals surface area contributed by atoms with Crippen LogP contribution in [0.15, 0.2) is 173 Å². The van der Waals surface area contributed by atoms with Crippen molar-refractivity contribution in [3.8, 4) is 34.2 Å². The molecule has 0 radical (unpaired) electrons. The van der Waals surface area contributed by atoms with E-state index in [4.69, 9.17) is 23.8 Å². The third-order valence-corrected chi connectivity index (χ3v) is 10.9. The first-order chi connectivity index (χ1) is 26.7. The highest BCUT2D eigenvalue weighted by atomic mass is 16.3. The predicted molar refractivity (Wildman–Crippen MR) is 221 cm³/mol. The fraction of sp³-hybridized carbons (Fsp3) is 0. The van der Waals surface area contributed by atoms with E-state index in [0.29, 0.717) is 17.5 Å². The maximum absolute atomic E-state index is 7.04. The molecule has 0 amide bonds. The van der Waals surface area contributed by atoms with Crippen molar-refractivity contribution >= 4 is 87.0 Å². The van der Waals surface area contributed by atoms with Crippen molar-refractivity contribution in [2.45, 2.75) is 0 Å². The molecule has 0 aliphatic carbocycles. The Labute approximate surface area is 307 Å². The van der Waals surface area contributed by atoms with Crippen molar-refractivity contribution in [3.05, 3.63) is 164 Å². The van der Waals surface area contributed by atoms with Crippen molar-refractivity contribution < 1.29 is 8.83 Å². The molecule has 5 nitrogen and oxygen atoms in total. The van der Waals surface area contributed by atoms with Gasteiger partial charge in [0.05, 0.1) is 0 Å². The van der Waals surface area contributed by atoms with Crippen LogP contribution < -0.4 is 0 Å². The topological polar surface area (TPSA) is 65.0 Å². The molecule has 0 unspecified atom stereocenters. The van der Waals surface area contributed by atoms with Crippen LogP contribution in [-0.2, 0) is 0 Å². The molecule has 54 heavy (non-hydrogen) atoms. The van der Waals surface area contributed by atoms with E-state index >= 15 is 0 Å². The van der Waals surface area contributed by atoms with Crippen molar-refractivity contribution in [1.82, 2.24) is 15.0 Å². The predicted octanol–water partition coefficient (Wildman–Crippen LogP) is 13.3. The van der Waals surface area contributed by atoms with E-state index in [2.05, 4.69) is 133 Å². The fourth-order valence-electron chi connectivity index (χ4n) is 8.37. The Bertz CT molecular complexity index is 3520. The molecule has 0 N–H and O–H groups in total. The third kappa shape index (κ3) is 4.24. The van der Waals surface area contributed by atoms with Gasteiger partial charge in [-0.2, -0.15) is 0 Å². The van der Waals surface area contributed by atoms with Gasteiger partial charge in [-0.15, -0.1) is 0 Å². The minimum atomic E-state index is 0.573. The average molecular weight is 690 g/mol. The Hall–Kier alpha value is -7.37. The van der Waals surface area contributed by atoms with Gasteiger partial charge in [-0.05, 0) is 62.6 Å². The summed E-state index contributed by atoms with van der Waals surface area (Å²) in [6.07, 6.45) is 0. The quantitative estimate of drug-likeness (QED) is 0.173. The van der Waals surface area contributed by atoms with E-state index in [9.17, 15) is 0 Å². The fourth-order valence-corrected chi connectivity index (χ4v) is 8.37. The van der Waals surface area contributed by atoms with Crippen molar-refractivity contribution in [3.63, 3.8) is 0 Å². The highest BCUT2D eigenvalue weighted by Crippen LogP contribution is 2.45. The normalized spacial score (nSPS) is 12.1. The first-order valence-corrected chi connectivity index (χ1v) is 18.1. The summed E-state index contributed by atoms with van der Waals surface area (Å²) in [6.45, 7) is 0. The summed E-state index contributed by atoms with van der Waals surface area (Å²) in [6, 6.07) is 56.8. The molecule has 0 fully saturated rings. The monoisotopic (exact) mass is 689 g/mol. The van der Waals surface area contributed by atoms with Crippen LogP contribution in [0.3, 0.4) is 0 Å². The summed E-state index contributed by atoms with van der Waals surface area (Å²) < 4.78 is 13.4. The van der Waals surface area contributed by atoms with E-state index in [0.717, 1.165) is 104 Å². The lowest BCUT2D eigenvalue weighted by Gasteiger charge is -2.12. The minimum Gasteiger partial charge on any atom is -0.456 e. The SMILES string of the molecule is c1ccc2cc(-c3nc(-c4cccc5oc6ccccc6c45)nc(-c4cc5ccc6ccccc6c5c5oc6c7ccccc7ccc6c45)n3)ccc2c1. The van der Waals surface area contributed by atoms with E-state index in [1.807, 2.05) is 30.3 Å². The van der Waals surface area contributed by atoms with Crippen LogP contribution in [0.4, 0.5) is 0 Å². The minimum absolute atomic E-state index is 0.573. The zero-order chi connectivity index (χ0) is 35.3. The summed E-state index contributed by atoms with van der Waals surface area (Å²) >= 11 is 0. The molecule has 0 saturated heterocycles. The molecule has 12 aromatic rings. The number of para-hydroxylation sites is 1. The standard InChI is InChI=1S/C49H27N3O2/c1-2-13-31-26-33(23-20-28(31)10-1)47-50-48(38-17-9-19-41-43(38)36-16-7-8-18-40(36)53-41)52-49(51-47)39-27-32-22-21-29-11-3-5-14-34(29)42(32)46-44(39)37-25-24-30-12-4-6-15-35(30)45(37)54-46/h1-27H. The number of hydrogen-bond acceptors (Lipinski definition) is 5. The molecule has 9 aromatic carbocycles. The molecule has 3 heterocycles. The number of fused-ring (bicyclic) bond motifs is 13. The van der Waals surface area contributed by atoms with Crippen LogP contribution >= 0.6 is 0 Å². The van der Waals surface area contributed by atoms with E-state index in [1.165, 1.54) is 0 Å². The van der Waals surface area contributed by atoms with E-state index < -0.39 is 0 Å². The molecule has 0 aliphatic heterocycles. The molecule has 0 saturated carbocycles. The first kappa shape index (κ1) is 29.2. The number of aromatic nitrogens is 3. The lowest BCUT2D eigenvalue weighted by atomic mass is 9.95. The summed E-state index contributed by atoms with van der Waals surface area (Å²) in [5.41, 5.74) is 5.96. The third-order valence-electron chi connectivity index (χ3n) is 10.9. The first-order valence-electron chi connectivity index (χ1n) is 18.1. The van der Waals surface area contributed by atoms with Crippen LogP contribution in [0.5, 0.6) is 0 Å². The summed E-state index contributed by atoms with van der Waals surface area (Å²) in [5.74, 6) is 1.74. The summed E-state index contributed by atoms with van der Waals surface area (Å²) in [5, 5.41) is 12.9. The zero-order valence-corrected chi connectivity index (χ0v) is 28.7. The molecule has 0 aliphatic rings. The molecule has 0 bridgehead atoms. The van der Waals surface area contributed by atoms with Crippen molar-refractivity contribution in [2.75, 3.05) is 0 Å². The smallest absolute Gasteiger partial charge is 0.164 e. The van der Waals surface area contributed by atoms with Gasteiger partial charge in [-0.25, -0.2) is 15.0 Å². The Kier molecular flexibility index (Phi) is 5.99. The molecule has 12 rings (SSSR count). The molecule has 0 spiro atoms. The van der Waals surface area contributed by atoms with Crippen LogP contribution in [0.25, 0.3) is 121 Å². The highest BCUT2D eigenvalue weighted by molar-refractivity contribution is 6.29. The van der Waals surface area contributed by atoms with Crippen molar-refractivity contribution in [1.29, 1.82) is 0 Å². The number of furan rings is 2. The molecular weight excluding hydrogens is 663 g/mol. The number of nitrogens with zero attached hydrogens (tertiary/aromatic N) is 3. The largest absolute Gasteiger partial charge is 0.456 e. The summed E-state index contributed by atoms with van der Waals surface area (Å²) in [4.78, 5) is 15.9. The van der Waals surface area contributed by atoms with E-state index in [1.54, 1.807) is 0 Å². The molecular formula is C49H27N3O2. The summed E-state index contributed by atoms with van der Waals surface area (Å²) in [7, 11) is 0. The lowest BCUT2D eigenvalue weighted by molar-refractivity contribution is 0.669. The van der Waals surface area contributed by atoms with E-state index in [-0.39, 0.29) is 0 Å². The zero-order valence-electron chi connectivity index (χ0n) is 28.7. The maximum Gasteiger partial charge on any atom is 0.164 e. The second kappa shape index (κ2) is 11.1. The Balaban J connectivity index is 1.23. The van der Waals surface area contributed by atoms with Crippen LogP contribution in [0.2, 0.25) is 0 Å². The molecule has 3 aromatic heterocycles. The number of benzene rings is 9. The van der Waals surface area contributed by atoms with Gasteiger partial charge in [0.25, 0.3) is 0 Å². The van der Waals surface area contributed by atoms with Crippen LogP contribution in [0, 0.1) is 0 Å². The van der Waals surface area contributed by atoms with Gasteiger partial charge < -0.3 is 8.83 Å². The molecule has 5 heteroatoms. The Morgan fingerprint density at radius 3 is 1.81 bits per heavy atom.